The van der Waals surface area contributed by atoms with E-state index in [1.54, 1.807) is 11.8 Å². The molecule has 1 aliphatic heterocycles. The molecule has 2 rings (SSSR count). The molecule has 0 saturated carbocycles. The van der Waals surface area contributed by atoms with Gasteiger partial charge in [-0.25, -0.2) is 0 Å². The number of carbonyl (C=O) groups excluding carboxylic acids is 1. The molecule has 1 aliphatic rings. The normalized spacial score (nSPS) is 20.6. The summed E-state index contributed by atoms with van der Waals surface area (Å²) in [5.74, 6) is 0.617. The van der Waals surface area contributed by atoms with Crippen LogP contribution in [0.1, 0.15) is 12.5 Å². The molecule has 1 aromatic rings. The summed E-state index contributed by atoms with van der Waals surface area (Å²) in [4.78, 5) is 14.0. The van der Waals surface area contributed by atoms with Crippen molar-refractivity contribution in [1.82, 2.24) is 4.90 Å². The Morgan fingerprint density at radius 2 is 2.40 bits per heavy atom. The minimum Gasteiger partial charge on any atom is -0.481 e. The van der Waals surface area contributed by atoms with Crippen molar-refractivity contribution >= 4 is 5.91 Å². The van der Waals surface area contributed by atoms with Gasteiger partial charge in [0.1, 0.15) is 5.75 Å². The van der Waals surface area contributed by atoms with E-state index in [4.69, 9.17) is 14.6 Å². The zero-order chi connectivity index (χ0) is 14.5. The first-order valence-corrected chi connectivity index (χ1v) is 6.84. The lowest BCUT2D eigenvalue weighted by molar-refractivity contribution is -0.146. The second-order valence-electron chi connectivity index (χ2n) is 5.04. The molecule has 1 aromatic carbocycles. The molecule has 1 N–H and O–H groups in total. The van der Waals surface area contributed by atoms with Crippen LogP contribution in [-0.4, -0.2) is 54.4 Å². The third-order valence-electron chi connectivity index (χ3n) is 3.30. The average Bonchev–Trinajstić information content (AvgIpc) is 2.46. The van der Waals surface area contributed by atoms with Gasteiger partial charge in [0, 0.05) is 13.1 Å². The second kappa shape index (κ2) is 6.72. The van der Waals surface area contributed by atoms with Crippen molar-refractivity contribution in [1.29, 1.82) is 0 Å². The monoisotopic (exact) mass is 279 g/mol. The number of ether oxygens (including phenoxy) is 2. The molecule has 20 heavy (non-hydrogen) atoms. The molecule has 1 heterocycles. The first-order chi connectivity index (χ1) is 9.60. The summed E-state index contributed by atoms with van der Waals surface area (Å²) in [7, 11) is 0. The van der Waals surface area contributed by atoms with Gasteiger partial charge in [-0.05, 0) is 31.5 Å². The fourth-order valence-electron chi connectivity index (χ4n) is 2.23. The van der Waals surface area contributed by atoms with Gasteiger partial charge in [-0.15, -0.1) is 0 Å². The largest absolute Gasteiger partial charge is 0.481 e. The zero-order valence-corrected chi connectivity index (χ0v) is 11.9. The molecule has 0 radical (unpaired) electrons. The zero-order valence-electron chi connectivity index (χ0n) is 11.9. The number of amides is 1. The quantitative estimate of drug-likeness (QED) is 0.892. The lowest BCUT2D eigenvalue weighted by Crippen LogP contribution is -2.50. The molecule has 2 atom stereocenters. The van der Waals surface area contributed by atoms with Gasteiger partial charge in [0.2, 0.25) is 0 Å². The number of nitrogens with zero attached hydrogens (tertiary/aromatic N) is 1. The van der Waals surface area contributed by atoms with E-state index >= 15 is 0 Å². The molecule has 5 heteroatoms. The highest BCUT2D eigenvalue weighted by atomic mass is 16.5. The number of aliphatic hydroxyl groups is 1. The van der Waals surface area contributed by atoms with Gasteiger partial charge >= 0.3 is 0 Å². The third-order valence-corrected chi connectivity index (χ3v) is 3.30. The summed E-state index contributed by atoms with van der Waals surface area (Å²) >= 11 is 0. The van der Waals surface area contributed by atoms with E-state index in [1.807, 2.05) is 31.2 Å². The van der Waals surface area contributed by atoms with Crippen LogP contribution in [0.25, 0.3) is 0 Å². The third kappa shape index (κ3) is 3.71. The summed E-state index contributed by atoms with van der Waals surface area (Å²) in [5, 5.41) is 9.10. The highest BCUT2D eigenvalue weighted by Crippen LogP contribution is 2.16. The van der Waals surface area contributed by atoms with Crippen molar-refractivity contribution in [2.24, 2.45) is 0 Å². The van der Waals surface area contributed by atoms with Crippen molar-refractivity contribution in [3.63, 3.8) is 0 Å². The number of hydrogen-bond acceptors (Lipinski definition) is 4. The lowest BCUT2D eigenvalue weighted by Gasteiger charge is -2.33. The van der Waals surface area contributed by atoms with Gasteiger partial charge in [0.25, 0.3) is 5.91 Å². The van der Waals surface area contributed by atoms with E-state index in [9.17, 15) is 4.79 Å². The van der Waals surface area contributed by atoms with Crippen molar-refractivity contribution in [2.45, 2.75) is 26.1 Å². The molecule has 1 saturated heterocycles. The molecule has 0 spiro atoms. The first-order valence-electron chi connectivity index (χ1n) is 6.84. The Labute approximate surface area is 119 Å². The molecule has 0 aliphatic carbocycles. The van der Waals surface area contributed by atoms with E-state index in [-0.39, 0.29) is 18.6 Å². The predicted molar refractivity (Wildman–Crippen MR) is 74.7 cm³/mol. The molecule has 0 aromatic heterocycles. The van der Waals surface area contributed by atoms with Gasteiger partial charge in [0.05, 0.1) is 19.3 Å². The van der Waals surface area contributed by atoms with Crippen LogP contribution in [0.2, 0.25) is 0 Å². The van der Waals surface area contributed by atoms with Crippen LogP contribution in [0.5, 0.6) is 5.75 Å². The van der Waals surface area contributed by atoms with Crippen molar-refractivity contribution in [2.75, 3.05) is 26.3 Å². The highest BCUT2D eigenvalue weighted by Gasteiger charge is 2.27. The maximum atomic E-state index is 12.3. The number of aliphatic hydroxyl groups excluding tert-OH is 1. The first kappa shape index (κ1) is 14.8. The molecule has 1 fully saturated rings. The van der Waals surface area contributed by atoms with Crippen molar-refractivity contribution in [3.05, 3.63) is 29.8 Å². The fraction of sp³-hybridized carbons (Fsp3) is 0.533. The van der Waals surface area contributed by atoms with Gasteiger partial charge < -0.3 is 19.5 Å². The summed E-state index contributed by atoms with van der Waals surface area (Å²) in [6.45, 7) is 5.06. The van der Waals surface area contributed by atoms with E-state index in [0.717, 1.165) is 5.56 Å². The van der Waals surface area contributed by atoms with Crippen molar-refractivity contribution < 1.29 is 19.4 Å². The van der Waals surface area contributed by atoms with Crippen LogP contribution in [-0.2, 0) is 9.53 Å². The van der Waals surface area contributed by atoms with Gasteiger partial charge in [-0.2, -0.15) is 0 Å². The van der Waals surface area contributed by atoms with Crippen LogP contribution >= 0.6 is 0 Å². The number of hydrogen-bond donors (Lipinski definition) is 1. The number of benzene rings is 1. The summed E-state index contributed by atoms with van der Waals surface area (Å²) < 4.78 is 11.0. The van der Waals surface area contributed by atoms with Crippen molar-refractivity contribution in [3.8, 4) is 5.75 Å². The molecule has 2 unspecified atom stereocenters. The SMILES string of the molecule is Cc1cccc(OC(C)C(=O)N2CCOC(CO)C2)c1. The summed E-state index contributed by atoms with van der Waals surface area (Å²) in [6.07, 6.45) is -0.840. The van der Waals surface area contributed by atoms with Gasteiger partial charge in [0.15, 0.2) is 6.10 Å². The van der Waals surface area contributed by atoms with E-state index in [0.29, 0.717) is 25.4 Å². The Morgan fingerprint density at radius 3 is 3.10 bits per heavy atom. The minimum absolute atomic E-state index is 0.0725. The Morgan fingerprint density at radius 1 is 1.60 bits per heavy atom. The Balaban J connectivity index is 1.94. The summed E-state index contributed by atoms with van der Waals surface area (Å²) in [6, 6.07) is 7.62. The van der Waals surface area contributed by atoms with Crippen LogP contribution < -0.4 is 4.74 Å². The van der Waals surface area contributed by atoms with E-state index < -0.39 is 6.10 Å². The van der Waals surface area contributed by atoms with Crippen LogP contribution in [0, 0.1) is 6.92 Å². The summed E-state index contributed by atoms with van der Waals surface area (Å²) in [5.41, 5.74) is 1.09. The smallest absolute Gasteiger partial charge is 0.263 e. The van der Waals surface area contributed by atoms with Gasteiger partial charge in [-0.1, -0.05) is 12.1 Å². The minimum atomic E-state index is -0.547. The number of morpholine rings is 1. The Kier molecular flexibility index (Phi) is 4.98. The van der Waals surface area contributed by atoms with Crippen LogP contribution in [0.15, 0.2) is 24.3 Å². The number of aryl methyl sites for hydroxylation is 1. The number of rotatable bonds is 4. The van der Waals surface area contributed by atoms with Crippen LogP contribution in [0.3, 0.4) is 0 Å². The lowest BCUT2D eigenvalue weighted by atomic mass is 10.2. The molecule has 5 nitrogen and oxygen atoms in total. The van der Waals surface area contributed by atoms with Gasteiger partial charge in [-0.3, -0.25) is 4.79 Å². The Bertz CT molecular complexity index is 463. The number of carbonyl (C=O) groups is 1. The Hall–Kier alpha value is -1.59. The fourth-order valence-corrected chi connectivity index (χ4v) is 2.23. The maximum Gasteiger partial charge on any atom is 0.263 e. The topological polar surface area (TPSA) is 59.0 Å². The molecular formula is C15H21NO4. The predicted octanol–water partition coefficient (Wildman–Crippen LogP) is 0.982. The molecule has 0 bridgehead atoms. The molecule has 110 valence electrons. The molecular weight excluding hydrogens is 258 g/mol. The standard InChI is InChI=1S/C15H21NO4/c1-11-4-3-5-13(8-11)20-12(2)15(18)16-6-7-19-14(9-16)10-17/h3-5,8,12,14,17H,6-7,9-10H2,1-2H3. The van der Waals surface area contributed by atoms with Crippen LogP contribution in [0.4, 0.5) is 0 Å². The molecule has 1 amide bonds. The average molecular weight is 279 g/mol. The van der Waals surface area contributed by atoms with E-state index in [2.05, 4.69) is 0 Å². The van der Waals surface area contributed by atoms with E-state index in [1.165, 1.54) is 0 Å². The second-order valence-corrected chi connectivity index (χ2v) is 5.04. The maximum absolute atomic E-state index is 12.3. The highest BCUT2D eigenvalue weighted by molar-refractivity contribution is 5.81.